The summed E-state index contributed by atoms with van der Waals surface area (Å²) in [5.74, 6) is -11.5. The maximum atomic E-state index is 16.3. The summed E-state index contributed by atoms with van der Waals surface area (Å²) in [7, 11) is 3.55. The molecule has 0 radical (unpaired) electrons. The first-order chi connectivity index (χ1) is 41.2. The maximum Gasteiger partial charge on any atom is 0.341 e. The number of anilines is 1. The van der Waals surface area contributed by atoms with Crippen LogP contribution in [0.1, 0.15) is 157 Å². The summed E-state index contributed by atoms with van der Waals surface area (Å²) >= 11 is 0. The lowest BCUT2D eigenvalue weighted by molar-refractivity contribution is -0.160. The zero-order valence-electron chi connectivity index (χ0n) is 51.1. The lowest BCUT2D eigenvalue weighted by Gasteiger charge is -2.42. The highest BCUT2D eigenvalue weighted by atomic mass is 19.1. The molecule has 0 unspecified atom stereocenters. The number of pyridine rings is 2. The number of nitrogens with one attached hydrogen (secondary N) is 1. The Labute approximate surface area is 504 Å². The van der Waals surface area contributed by atoms with Gasteiger partial charge < -0.3 is 49.6 Å². The number of piperidine rings is 1. The van der Waals surface area contributed by atoms with E-state index in [0.29, 0.717) is 55.8 Å². The van der Waals surface area contributed by atoms with Crippen LogP contribution < -0.4 is 20.5 Å². The van der Waals surface area contributed by atoms with E-state index in [2.05, 4.69) is 22.2 Å². The van der Waals surface area contributed by atoms with Crippen LogP contribution in [0.15, 0.2) is 69.6 Å². The van der Waals surface area contributed by atoms with Gasteiger partial charge in [0.05, 0.1) is 70.5 Å². The molecule has 87 heavy (non-hydrogen) atoms. The number of Topliss-reactive ketones (excluding diaryl/α,β-unsaturated/α-hetero) is 3. The van der Waals surface area contributed by atoms with Crippen molar-refractivity contribution in [3.05, 3.63) is 115 Å². The van der Waals surface area contributed by atoms with Crippen molar-refractivity contribution in [3.8, 4) is 11.5 Å². The zero-order valence-corrected chi connectivity index (χ0v) is 51.1. The van der Waals surface area contributed by atoms with Gasteiger partial charge in [-0.2, -0.15) is 5.10 Å². The molecule has 2 saturated heterocycles. The number of nitrogens with zero attached hydrogens (tertiary/aromatic N) is 5. The Bertz CT molecular complexity index is 3590. The van der Waals surface area contributed by atoms with Crippen molar-refractivity contribution in [2.75, 3.05) is 45.2 Å². The number of phenols is 1. The smallest absolute Gasteiger partial charge is 0.341 e. The molecule has 10 atom stereocenters. The number of allylic oxidation sites excluding steroid dienone is 4. The molecule has 2 saturated carbocycles. The Morgan fingerprint density at radius 2 is 1.59 bits per heavy atom. The number of carboxylic acids is 1. The normalized spacial score (nSPS) is 30.4. The number of aromatic carboxylic acids is 1. The largest absolute Gasteiger partial charge is 0.507 e. The van der Waals surface area contributed by atoms with Gasteiger partial charge in [0.25, 0.3) is 17.2 Å². The molecule has 7 heterocycles. The average Bonchev–Trinajstić information content (AvgIpc) is 1.69. The lowest BCUT2D eigenvalue weighted by Crippen LogP contribution is -2.50. The first-order valence-corrected chi connectivity index (χ1v) is 30.1. The highest BCUT2D eigenvalue weighted by molar-refractivity contribution is 6.37. The quantitative estimate of drug-likeness (QED) is 0.100. The van der Waals surface area contributed by atoms with Crippen LogP contribution in [0.2, 0.25) is 0 Å². The molecule has 0 spiro atoms. The maximum absolute atomic E-state index is 16.3. The molecule has 11 rings (SSSR count). The first kappa shape index (κ1) is 62.5. The van der Waals surface area contributed by atoms with E-state index < -0.39 is 123 Å². The summed E-state index contributed by atoms with van der Waals surface area (Å²) in [6.45, 7) is 16.2. The molecule has 21 nitrogen and oxygen atoms in total. The van der Waals surface area contributed by atoms with Crippen molar-refractivity contribution in [1.82, 2.24) is 19.6 Å². The molecule has 4 fully saturated rings. The third-order valence-corrected chi connectivity index (χ3v) is 19.8. The summed E-state index contributed by atoms with van der Waals surface area (Å²) in [6, 6.07) is 1.60. The van der Waals surface area contributed by atoms with Crippen LogP contribution in [0.5, 0.6) is 11.5 Å². The number of fused-ring (bicyclic) bond motifs is 15. The molecule has 1 amide bonds. The fraction of sp³-hybridized carbons (Fsp3) is 0.538. The Hall–Kier alpha value is -7.53. The second-order valence-electron chi connectivity index (χ2n) is 25.2. The van der Waals surface area contributed by atoms with Gasteiger partial charge in [-0.3, -0.25) is 43.1 Å². The second-order valence-corrected chi connectivity index (χ2v) is 25.2. The number of amides is 1. The number of hydrogen-bond acceptors (Lipinski definition) is 18. The number of hydrazone groups is 1. The molecule has 5 bridgehead atoms. The average molecular weight is 1200 g/mol. The van der Waals surface area contributed by atoms with Crippen LogP contribution in [0.25, 0.3) is 5.52 Å². The van der Waals surface area contributed by atoms with Crippen LogP contribution in [0.3, 0.4) is 0 Å². The molecule has 5 aliphatic heterocycles. The van der Waals surface area contributed by atoms with Gasteiger partial charge in [-0.1, -0.05) is 45.9 Å². The minimum atomic E-state index is -2.16. The number of aliphatic hydroxyl groups is 2. The number of methoxy groups -OCH3 is 1. The molecule has 22 heteroatoms. The van der Waals surface area contributed by atoms with Gasteiger partial charge in [0.15, 0.2) is 11.6 Å². The van der Waals surface area contributed by atoms with Crippen LogP contribution >= 0.6 is 0 Å². The summed E-state index contributed by atoms with van der Waals surface area (Å²) in [4.78, 5) is 101. The number of aryl methyl sites for hydroxylation is 1. The van der Waals surface area contributed by atoms with Crippen molar-refractivity contribution in [2.45, 2.75) is 155 Å². The molecule has 2 aromatic heterocycles. The fourth-order valence-corrected chi connectivity index (χ4v) is 14.2. The number of aromatic nitrogens is 1. The summed E-state index contributed by atoms with van der Waals surface area (Å²) < 4.78 is 41.3. The number of ketones is 3. The highest BCUT2D eigenvalue weighted by Crippen LogP contribution is 2.54. The number of esters is 1. The van der Waals surface area contributed by atoms with Gasteiger partial charge in [0.2, 0.25) is 5.78 Å². The number of benzene rings is 1. The van der Waals surface area contributed by atoms with Gasteiger partial charge >= 0.3 is 17.7 Å². The number of aromatic hydroxyl groups is 1. The third-order valence-electron chi connectivity index (χ3n) is 19.8. The molecule has 5 N–H and O–H groups in total. The Morgan fingerprint density at radius 1 is 0.897 bits per heavy atom. The number of carboxylic acid groups (broad SMARTS) is 1. The van der Waals surface area contributed by atoms with Gasteiger partial charge in [-0.15, -0.1) is 0 Å². The van der Waals surface area contributed by atoms with Crippen LogP contribution in [0.4, 0.5) is 10.1 Å². The van der Waals surface area contributed by atoms with E-state index in [1.54, 1.807) is 44.9 Å². The predicted octanol–water partition coefficient (Wildman–Crippen LogP) is 7.08. The summed E-state index contributed by atoms with van der Waals surface area (Å²) in [5, 5.41) is 53.9. The number of carbonyl (C=O) groups is 6. The number of hydrogen-bond donors (Lipinski definition) is 5. The van der Waals surface area contributed by atoms with Crippen molar-refractivity contribution in [3.63, 3.8) is 0 Å². The third kappa shape index (κ3) is 11.2. The number of rotatable bonds is 10. The minimum Gasteiger partial charge on any atom is -0.507 e. The molecule has 8 aliphatic rings. The Kier molecular flexibility index (Phi) is 17.2. The summed E-state index contributed by atoms with van der Waals surface area (Å²) in [5.41, 5.74) is -1.01. The fourth-order valence-electron chi connectivity index (χ4n) is 14.2. The molecular formula is C65H79FN6O15. The minimum absolute atomic E-state index is 0.0463. The number of carbonyl (C=O) groups excluding carboxylic acids is 5. The Morgan fingerprint density at radius 3 is 2.22 bits per heavy atom. The monoisotopic (exact) mass is 1200 g/mol. The van der Waals surface area contributed by atoms with Crippen LogP contribution in [-0.4, -0.2) is 158 Å². The van der Waals surface area contributed by atoms with Crippen molar-refractivity contribution >= 4 is 52.6 Å². The molecule has 1 aromatic carbocycles. The number of halogens is 1. The van der Waals surface area contributed by atoms with E-state index in [1.165, 1.54) is 63.6 Å². The highest BCUT2D eigenvalue weighted by Gasteiger charge is 2.56. The van der Waals surface area contributed by atoms with E-state index in [1.807, 2.05) is 6.92 Å². The van der Waals surface area contributed by atoms with Crippen LogP contribution in [0, 0.1) is 49.3 Å². The standard InChI is InChI=1S/C65H79FN6O15/c1-31-13-12-14-32(2)61(80)68-50-44(56(77)47-48(57(50)78)55(76)37(7)59-49(47)60(79)64(9,87-59)85-26-20-46(84-11)33(3)58(86-38(8)73)36(6)54(75)35(5)53(31)74)28-67-71-24-18-41(19-25-71)69(10)65(21-22-65)40-17-23-70(29-40)52-34(4)51-42(39-15-16-39)27-43(63(82)83)62(81)72(51)30-45(52)66/h12-14,20,26-28,30-31,33,35-36,39-41,46,53-54,58,74-76H,15-19,21-25,29H2,1-11H3,(H,68,80)(H,82,83)/b13-12+,26-20+,32-14-,67-28+/t31-,33+,35+,36+,40+,46-,53-,54+,58+,64-/m0/s1. The van der Waals surface area contributed by atoms with E-state index in [9.17, 15) is 49.2 Å². The number of ether oxygens (including phenoxy) is 4. The molecular weight excluding hydrogens is 1120 g/mol. The first-order valence-electron chi connectivity index (χ1n) is 30.1. The lowest BCUT2D eigenvalue weighted by atomic mass is 9.78. The van der Waals surface area contributed by atoms with E-state index in [0.717, 1.165) is 50.1 Å². The summed E-state index contributed by atoms with van der Waals surface area (Å²) in [6.07, 6.45) is 11.3. The van der Waals surface area contributed by atoms with Gasteiger partial charge in [0, 0.05) is 93.5 Å². The molecule has 466 valence electrons. The SMILES string of the molecule is CO[C@H]1/C=C/O[C@@]2(C)Oc3c(C)c(O)c4c(c3C2=O)C(=O)C(/C=N/N2CCC(N(C)C3([C@@H]5CCN(c6c(F)cn7c(=O)c(C(=O)O)cc(C8CC8)c7c6C)C5)CC3)CC2)=C(NC(=O)/C(C)=C\C=C\[C@H](C)[C@H](O)[C@@H](C)[C@@H](O)[C@@H](C)[C@H](OC(C)=O)[C@@H]1C)C4=O. The van der Waals surface area contributed by atoms with Crippen molar-refractivity contribution < 1.29 is 72.5 Å². The van der Waals surface area contributed by atoms with Crippen LogP contribution in [-0.2, 0) is 23.8 Å². The molecule has 3 aliphatic carbocycles. The molecule has 3 aromatic rings. The number of aliphatic hydroxyl groups excluding tert-OH is 2. The van der Waals surface area contributed by atoms with Crippen molar-refractivity contribution in [2.24, 2.45) is 34.7 Å². The predicted molar refractivity (Wildman–Crippen MR) is 319 cm³/mol. The zero-order chi connectivity index (χ0) is 63.0. The van der Waals surface area contributed by atoms with Crippen molar-refractivity contribution in [1.29, 1.82) is 0 Å². The number of phenolic OH excluding ortho intramolecular Hbond substituents is 1. The Balaban J connectivity index is 0.915. The van der Waals surface area contributed by atoms with Gasteiger partial charge in [0.1, 0.15) is 28.9 Å². The van der Waals surface area contributed by atoms with Gasteiger partial charge in [-0.05, 0) is 108 Å². The van der Waals surface area contributed by atoms with E-state index in [-0.39, 0.29) is 57.0 Å². The van der Waals surface area contributed by atoms with E-state index in [4.69, 9.17) is 24.0 Å². The van der Waals surface area contributed by atoms with E-state index >= 15 is 9.18 Å². The second kappa shape index (κ2) is 23.9. The van der Waals surface area contributed by atoms with Gasteiger partial charge in [-0.25, -0.2) is 9.18 Å². The topological polar surface area (TPSA) is 276 Å².